The van der Waals surface area contributed by atoms with Gasteiger partial charge in [-0.1, -0.05) is 104 Å². The Balaban J connectivity index is 0.000000152. The van der Waals surface area contributed by atoms with Crippen molar-refractivity contribution in [3.63, 3.8) is 0 Å². The number of hydrogen-bond donors (Lipinski definition) is 0. The van der Waals surface area contributed by atoms with E-state index < -0.39 is 0 Å². The van der Waals surface area contributed by atoms with Crippen molar-refractivity contribution in [1.29, 1.82) is 0 Å². The summed E-state index contributed by atoms with van der Waals surface area (Å²) in [5.41, 5.74) is 0. The Bertz CT molecular complexity index is 308. The molecule has 0 aromatic carbocycles. The molecule has 0 bridgehead atoms. The summed E-state index contributed by atoms with van der Waals surface area (Å²) < 4.78 is 0. The third-order valence-corrected chi connectivity index (χ3v) is 8.75. The zero-order valence-electron chi connectivity index (χ0n) is 18.2. The predicted molar refractivity (Wildman–Crippen MR) is 115 cm³/mol. The average molecular weight is 361 g/mol. The van der Waals surface area contributed by atoms with Gasteiger partial charge in [0.05, 0.1) is 0 Å². The van der Waals surface area contributed by atoms with Gasteiger partial charge in [0.1, 0.15) is 0 Å². The zero-order valence-corrected chi connectivity index (χ0v) is 18.2. The fourth-order valence-corrected chi connectivity index (χ4v) is 6.73. The Morgan fingerprint density at radius 3 is 0.885 bits per heavy atom. The van der Waals surface area contributed by atoms with Crippen LogP contribution >= 0.6 is 0 Å². The highest BCUT2D eigenvalue weighted by Crippen LogP contribution is 2.41. The molecule has 4 rings (SSSR count). The molecule has 0 aliphatic heterocycles. The molecule has 4 aliphatic rings. The molecule has 0 aromatic rings. The van der Waals surface area contributed by atoms with Crippen LogP contribution in [0, 0.1) is 35.5 Å². The highest BCUT2D eigenvalue weighted by molar-refractivity contribution is 4.80. The molecule has 26 heavy (non-hydrogen) atoms. The van der Waals surface area contributed by atoms with Crippen LogP contribution in [-0.4, -0.2) is 0 Å². The van der Waals surface area contributed by atoms with Crippen LogP contribution in [0.5, 0.6) is 0 Å². The molecule has 0 spiro atoms. The van der Waals surface area contributed by atoms with E-state index in [1.807, 2.05) is 0 Å². The minimum absolute atomic E-state index is 1.02. The Morgan fingerprint density at radius 1 is 0.308 bits per heavy atom. The Morgan fingerprint density at radius 2 is 0.577 bits per heavy atom. The smallest absolute Gasteiger partial charge is 0.0386 e. The SMILES string of the molecule is C1CCC(C2CCCCC2)CC1.CC1CCC(C2CCC(C)CC2)CC1. The van der Waals surface area contributed by atoms with Crippen LogP contribution in [0.4, 0.5) is 0 Å². The van der Waals surface area contributed by atoms with Crippen LogP contribution in [-0.2, 0) is 0 Å². The van der Waals surface area contributed by atoms with E-state index in [-0.39, 0.29) is 0 Å². The molecule has 0 heterocycles. The molecule has 0 radical (unpaired) electrons. The zero-order chi connectivity index (χ0) is 18.2. The monoisotopic (exact) mass is 360 g/mol. The molecule has 0 amide bonds. The van der Waals surface area contributed by atoms with Gasteiger partial charge in [-0.25, -0.2) is 0 Å². The summed E-state index contributed by atoms with van der Waals surface area (Å²) in [4.78, 5) is 0. The Kier molecular flexibility index (Phi) is 8.86. The molecule has 0 nitrogen and oxygen atoms in total. The van der Waals surface area contributed by atoms with Gasteiger partial charge >= 0.3 is 0 Å². The average Bonchev–Trinajstić information content (AvgIpc) is 2.71. The third-order valence-electron chi connectivity index (χ3n) is 8.75. The lowest BCUT2D eigenvalue weighted by atomic mass is 9.70. The molecule has 4 fully saturated rings. The summed E-state index contributed by atoms with van der Waals surface area (Å²) in [6, 6.07) is 0. The van der Waals surface area contributed by atoms with Crippen molar-refractivity contribution in [1.82, 2.24) is 0 Å². The van der Waals surface area contributed by atoms with E-state index in [1.165, 1.54) is 64.2 Å². The lowest BCUT2D eigenvalue weighted by molar-refractivity contribution is 0.155. The van der Waals surface area contributed by atoms with Crippen LogP contribution in [0.25, 0.3) is 0 Å². The largest absolute Gasteiger partial charge is 0.0625 e. The van der Waals surface area contributed by atoms with Crippen molar-refractivity contribution in [2.75, 3.05) is 0 Å². The van der Waals surface area contributed by atoms with Gasteiger partial charge in [-0.05, 0) is 61.2 Å². The maximum atomic E-state index is 2.43. The van der Waals surface area contributed by atoms with Crippen LogP contribution in [0.2, 0.25) is 0 Å². The van der Waals surface area contributed by atoms with Crippen LogP contribution < -0.4 is 0 Å². The first-order valence-corrected chi connectivity index (χ1v) is 12.7. The summed E-state index contributed by atoms with van der Waals surface area (Å²) in [6.45, 7) is 4.86. The lowest BCUT2D eigenvalue weighted by Gasteiger charge is -2.36. The van der Waals surface area contributed by atoms with E-state index in [1.54, 1.807) is 51.4 Å². The maximum absolute atomic E-state index is 2.43. The van der Waals surface area contributed by atoms with Crippen molar-refractivity contribution in [3.05, 3.63) is 0 Å². The van der Waals surface area contributed by atoms with Crippen molar-refractivity contribution in [2.45, 2.75) is 129 Å². The summed E-state index contributed by atoms with van der Waals surface area (Å²) in [5.74, 6) is 6.54. The molecule has 0 heteroatoms. The summed E-state index contributed by atoms with van der Waals surface area (Å²) >= 11 is 0. The van der Waals surface area contributed by atoms with Gasteiger partial charge < -0.3 is 0 Å². The van der Waals surface area contributed by atoms with Crippen molar-refractivity contribution in [2.24, 2.45) is 35.5 Å². The number of rotatable bonds is 2. The maximum Gasteiger partial charge on any atom is -0.0386 e. The molecule has 0 aromatic heterocycles. The molecule has 152 valence electrons. The Hall–Kier alpha value is 0. The van der Waals surface area contributed by atoms with Gasteiger partial charge in [0.2, 0.25) is 0 Å². The Labute approximate surface area is 165 Å². The van der Waals surface area contributed by atoms with Gasteiger partial charge in [-0.15, -0.1) is 0 Å². The minimum atomic E-state index is 1.02. The topological polar surface area (TPSA) is 0 Å². The summed E-state index contributed by atoms with van der Waals surface area (Å²) in [5, 5.41) is 0. The second kappa shape index (κ2) is 11.1. The minimum Gasteiger partial charge on any atom is -0.0625 e. The molecular weight excluding hydrogens is 312 g/mol. The first-order chi connectivity index (χ1) is 12.7. The van der Waals surface area contributed by atoms with Gasteiger partial charge in [0, 0.05) is 0 Å². The van der Waals surface area contributed by atoms with Crippen molar-refractivity contribution in [3.8, 4) is 0 Å². The summed E-state index contributed by atoms with van der Waals surface area (Å²) in [7, 11) is 0. The highest BCUT2D eigenvalue weighted by Gasteiger charge is 2.28. The van der Waals surface area contributed by atoms with Crippen LogP contribution in [0.15, 0.2) is 0 Å². The molecular formula is C26H48. The van der Waals surface area contributed by atoms with Crippen molar-refractivity contribution < 1.29 is 0 Å². The first-order valence-electron chi connectivity index (χ1n) is 12.7. The second-order valence-electron chi connectivity index (χ2n) is 10.8. The van der Waals surface area contributed by atoms with Gasteiger partial charge in [-0.3, -0.25) is 0 Å². The lowest BCUT2D eigenvalue weighted by Crippen LogP contribution is -2.24. The predicted octanol–water partition coefficient (Wildman–Crippen LogP) is 8.79. The molecule has 0 saturated heterocycles. The van der Waals surface area contributed by atoms with E-state index >= 15 is 0 Å². The van der Waals surface area contributed by atoms with E-state index in [4.69, 9.17) is 0 Å². The highest BCUT2D eigenvalue weighted by atomic mass is 14.3. The van der Waals surface area contributed by atoms with E-state index in [9.17, 15) is 0 Å². The van der Waals surface area contributed by atoms with E-state index in [2.05, 4.69) is 13.8 Å². The van der Waals surface area contributed by atoms with Gasteiger partial charge in [0.15, 0.2) is 0 Å². The number of hydrogen-bond acceptors (Lipinski definition) is 0. The van der Waals surface area contributed by atoms with E-state index in [0.29, 0.717) is 0 Å². The standard InChI is InChI=1S/C14H26.C12H22/c1-11-3-7-13(8-4-11)14-9-5-12(2)6-10-14;1-3-7-11(8-4-1)12-9-5-2-6-10-12/h11-14H,3-10H2,1-2H3;11-12H,1-10H2. The quantitative estimate of drug-likeness (QED) is 0.461. The molecule has 0 N–H and O–H groups in total. The van der Waals surface area contributed by atoms with Gasteiger partial charge in [-0.2, -0.15) is 0 Å². The first kappa shape index (κ1) is 20.7. The normalized spacial score (nSPS) is 37.6. The van der Waals surface area contributed by atoms with E-state index in [0.717, 1.165) is 35.5 Å². The molecule has 0 unspecified atom stereocenters. The van der Waals surface area contributed by atoms with Crippen molar-refractivity contribution >= 4 is 0 Å². The second-order valence-corrected chi connectivity index (χ2v) is 10.8. The third kappa shape index (κ3) is 6.56. The van der Waals surface area contributed by atoms with Gasteiger partial charge in [0.25, 0.3) is 0 Å². The molecule has 0 atom stereocenters. The fourth-order valence-electron chi connectivity index (χ4n) is 6.73. The fraction of sp³-hybridized carbons (Fsp3) is 1.00. The molecule has 4 aliphatic carbocycles. The van der Waals surface area contributed by atoms with Crippen LogP contribution in [0.1, 0.15) is 129 Å². The van der Waals surface area contributed by atoms with Crippen LogP contribution in [0.3, 0.4) is 0 Å². The molecule has 4 saturated carbocycles. The summed E-state index contributed by atoms with van der Waals surface area (Å²) in [6.07, 6.45) is 27.6.